The number of hydrogen-bond acceptors (Lipinski definition) is 12. The van der Waals surface area contributed by atoms with Crippen molar-refractivity contribution >= 4 is 126 Å². The molecule has 462 valence electrons. The largest absolute Gasteiger partial charge is 0.494 e. The molecule has 96 heavy (non-hydrogen) atoms. The van der Waals surface area contributed by atoms with Crippen molar-refractivity contribution in [2.45, 2.75) is 38.9 Å². The Hall–Kier alpha value is -10.2. The minimum absolute atomic E-state index is 0.375. The van der Waals surface area contributed by atoms with E-state index >= 15 is 0 Å². The molecule has 7 heterocycles. The Bertz CT molecular complexity index is 5380. The monoisotopic (exact) mass is 1440 g/mol. The van der Waals surface area contributed by atoms with Crippen molar-refractivity contribution in [2.24, 2.45) is 0 Å². The molecule has 16 aromatic rings. The molecular weight excluding hydrogens is 1380 g/mol. The zero-order chi connectivity index (χ0) is 65.5. The minimum atomic E-state index is -0.401. The lowest BCUT2D eigenvalue weighted by molar-refractivity contribution is 0.00578. The van der Waals surface area contributed by atoms with Crippen molar-refractivity contribution < 1.29 is 9.31 Å². The van der Waals surface area contributed by atoms with Gasteiger partial charge in [0.25, 0.3) is 0 Å². The van der Waals surface area contributed by atoms with Crippen molar-refractivity contribution in [1.82, 2.24) is 49.8 Å². The number of rotatable bonds is 8. The van der Waals surface area contributed by atoms with E-state index in [1.807, 2.05) is 189 Å². The lowest BCUT2D eigenvalue weighted by Crippen LogP contribution is -2.41. The highest BCUT2D eigenvalue weighted by Gasteiger charge is 2.51. The highest BCUT2D eigenvalue weighted by Crippen LogP contribution is 2.40. The Morgan fingerprint density at radius 1 is 0.281 bits per heavy atom. The van der Waals surface area contributed by atoms with Gasteiger partial charge in [-0.25, -0.2) is 29.9 Å². The lowest BCUT2D eigenvalue weighted by atomic mass is 9.79. The summed E-state index contributed by atoms with van der Waals surface area (Å²) in [5.41, 5.74) is 11.9. The topological polar surface area (TPSA) is 147 Å². The van der Waals surface area contributed by atoms with E-state index in [-0.39, 0.29) is 11.2 Å². The molecule has 0 bridgehead atoms. The van der Waals surface area contributed by atoms with E-state index in [9.17, 15) is 0 Å². The maximum absolute atomic E-state index is 6.19. The van der Waals surface area contributed by atoms with Crippen LogP contribution in [0.2, 0.25) is 0 Å². The Labute approximate surface area is 579 Å². The lowest BCUT2D eigenvalue weighted by Gasteiger charge is -2.32. The van der Waals surface area contributed by atoms with Gasteiger partial charge in [-0.1, -0.05) is 266 Å². The fourth-order valence-corrected chi connectivity index (χ4v) is 13.2. The molecule has 16 heteroatoms. The van der Waals surface area contributed by atoms with Crippen LogP contribution >= 0.6 is 47.8 Å². The summed E-state index contributed by atoms with van der Waals surface area (Å²) in [6.45, 7) is 8.23. The van der Waals surface area contributed by atoms with E-state index in [1.165, 1.54) is 0 Å². The molecule has 0 N–H and O–H groups in total. The van der Waals surface area contributed by atoms with E-state index in [0.29, 0.717) is 34.9 Å². The Balaban J connectivity index is 0.000000126. The Kier molecular flexibility index (Phi) is 16.9. The highest BCUT2D eigenvalue weighted by molar-refractivity contribution is 9.11. The molecule has 0 saturated carbocycles. The van der Waals surface area contributed by atoms with Crippen LogP contribution in [0.3, 0.4) is 0 Å². The van der Waals surface area contributed by atoms with Crippen LogP contribution in [0, 0.1) is 0 Å². The first-order valence-electron chi connectivity index (χ1n) is 31.3. The normalized spacial score (nSPS) is 13.2. The van der Waals surface area contributed by atoms with E-state index in [4.69, 9.17) is 49.2 Å². The summed E-state index contributed by atoms with van der Waals surface area (Å²) in [5.74, 6) is 3.85. The summed E-state index contributed by atoms with van der Waals surface area (Å²) < 4.78 is 15.5. The molecule has 1 saturated heterocycles. The zero-order valence-electron chi connectivity index (χ0n) is 52.4. The van der Waals surface area contributed by atoms with Gasteiger partial charge in [-0.3, -0.25) is 19.9 Å². The predicted octanol–water partition coefficient (Wildman–Crippen LogP) is 20.2. The first-order valence-corrected chi connectivity index (χ1v) is 33.6. The molecule has 6 aromatic heterocycles. The summed E-state index contributed by atoms with van der Waals surface area (Å²) >= 11 is 10.9. The quantitative estimate of drug-likeness (QED) is 0.105. The van der Waals surface area contributed by atoms with Gasteiger partial charge in [0.2, 0.25) is 0 Å². The molecule has 17 rings (SSSR count). The van der Waals surface area contributed by atoms with E-state index in [2.05, 4.69) is 164 Å². The molecule has 1 aliphatic rings. The average Bonchev–Trinajstić information content (AvgIpc) is 0.917. The molecule has 10 aromatic carbocycles. The van der Waals surface area contributed by atoms with Gasteiger partial charge in [0.1, 0.15) is 0 Å². The number of nitrogens with zero attached hydrogens (tertiary/aromatic N) is 10. The zero-order valence-corrected chi connectivity index (χ0v) is 57.2. The Morgan fingerprint density at radius 3 is 0.885 bits per heavy atom. The predicted molar refractivity (Wildman–Crippen MR) is 399 cm³/mol. The molecule has 1 aliphatic heterocycles. The van der Waals surface area contributed by atoms with Crippen molar-refractivity contribution in [1.29, 1.82) is 0 Å². The number of pyridine rings is 4. The summed E-state index contributed by atoms with van der Waals surface area (Å²) in [6.07, 6.45) is 7.36. The van der Waals surface area contributed by atoms with Crippen LogP contribution in [0.5, 0.6) is 0 Å². The molecule has 0 amide bonds. The van der Waals surface area contributed by atoms with Gasteiger partial charge < -0.3 is 9.31 Å². The molecule has 0 spiro atoms. The fourth-order valence-electron chi connectivity index (χ4n) is 11.9. The van der Waals surface area contributed by atoms with Crippen LogP contribution in [-0.4, -0.2) is 68.2 Å². The second-order valence-corrected chi connectivity index (χ2v) is 26.7. The van der Waals surface area contributed by atoms with Gasteiger partial charge in [-0.05, 0) is 79.3 Å². The van der Waals surface area contributed by atoms with E-state index in [1.54, 1.807) is 0 Å². The molecule has 12 nitrogen and oxygen atoms in total. The van der Waals surface area contributed by atoms with Crippen LogP contribution in [0.1, 0.15) is 27.7 Å². The van der Waals surface area contributed by atoms with Crippen LogP contribution < -0.4 is 5.46 Å². The average molecular weight is 1440 g/mol. The van der Waals surface area contributed by atoms with Crippen molar-refractivity contribution in [3.8, 4) is 79.5 Å². The van der Waals surface area contributed by atoms with Gasteiger partial charge in [-0.15, -0.1) is 0 Å². The summed E-state index contributed by atoms with van der Waals surface area (Å²) in [7, 11) is -0.401. The SMILES string of the molecule is Brc1ccnc2c1ccc1ccc3c(-c4ccc(-c5nc(-c6ccccc6)nc(-c6ccccc6)n5)cc4)ccnc3c12.Brc1ccnc2c1ccc1ccc3c(Br)ccnc3c12.CC1(C)OB(c2ccc(-c3nc(-c4ccccc4)nc(-c4ccccc4)n3)cc2)OC1(C)C. The van der Waals surface area contributed by atoms with Gasteiger partial charge in [0, 0.05) is 104 Å². The summed E-state index contributed by atoms with van der Waals surface area (Å²) in [5, 5.41) is 8.79. The standard InChI is InChI=1S/C37H22BrN5.C27H26BN3O2.C16H8Br2N2/c38-31-20-22-40-34-30(31)18-16-24-15-17-29-28(19-21-39-33(29)32(24)34)23-11-13-27(14-12-23)37-42-35(25-7-3-1-4-8-25)41-36(43-37)26-9-5-2-6-10-26;1-26(2)27(3,4)33-28(32-26)22-17-15-21(16-18-22)25-30-23(19-11-7-5-8-12-19)29-24(31-25)20-13-9-6-10-14-20;17-12-5-7-19-15-10(12)3-1-9-2-4-11-13(18)6-8-20-16(11)14(9)15/h1-22H;5-18H,1-4H3;1-8H. The van der Waals surface area contributed by atoms with Crippen molar-refractivity contribution in [2.75, 3.05) is 0 Å². The van der Waals surface area contributed by atoms with Crippen LogP contribution in [-0.2, 0) is 9.31 Å². The molecule has 1 fully saturated rings. The summed E-state index contributed by atoms with van der Waals surface area (Å²) in [6, 6.07) is 81.4. The van der Waals surface area contributed by atoms with E-state index < -0.39 is 7.12 Å². The first kappa shape index (κ1) is 62.0. The first-order chi connectivity index (χ1) is 46.8. The maximum atomic E-state index is 6.19. The summed E-state index contributed by atoms with van der Waals surface area (Å²) in [4.78, 5) is 47.6. The van der Waals surface area contributed by atoms with Crippen LogP contribution in [0.4, 0.5) is 0 Å². The van der Waals surface area contributed by atoms with Crippen LogP contribution in [0.15, 0.2) is 281 Å². The molecule has 0 radical (unpaired) electrons. The number of hydrogen-bond donors (Lipinski definition) is 0. The number of halogens is 3. The molecule has 0 atom stereocenters. The third-order valence-electron chi connectivity index (χ3n) is 17.6. The minimum Gasteiger partial charge on any atom is -0.399 e. The van der Waals surface area contributed by atoms with Crippen molar-refractivity contribution in [3.05, 3.63) is 281 Å². The van der Waals surface area contributed by atoms with E-state index in [0.717, 1.165) is 129 Å². The second-order valence-electron chi connectivity index (χ2n) is 24.1. The highest BCUT2D eigenvalue weighted by atomic mass is 79.9. The van der Waals surface area contributed by atoms with Gasteiger partial charge in [0.15, 0.2) is 34.9 Å². The fraction of sp³-hybridized carbons (Fsp3) is 0.0750. The number of benzene rings is 10. The maximum Gasteiger partial charge on any atom is 0.494 e. The van der Waals surface area contributed by atoms with Gasteiger partial charge >= 0.3 is 7.12 Å². The molecular formula is C80H56BBr3N10O2. The molecule has 0 unspecified atom stereocenters. The molecule has 0 aliphatic carbocycles. The van der Waals surface area contributed by atoms with Crippen LogP contribution in [0.25, 0.3) is 145 Å². The van der Waals surface area contributed by atoms with Gasteiger partial charge in [-0.2, -0.15) is 0 Å². The number of fused-ring (bicyclic) bond motifs is 10. The smallest absolute Gasteiger partial charge is 0.399 e. The third kappa shape index (κ3) is 12.2. The van der Waals surface area contributed by atoms with Crippen molar-refractivity contribution in [3.63, 3.8) is 0 Å². The third-order valence-corrected chi connectivity index (χ3v) is 19.7. The number of aromatic nitrogens is 10. The second kappa shape index (κ2) is 26.2. The van der Waals surface area contributed by atoms with Gasteiger partial charge in [0.05, 0.1) is 33.3 Å². The Morgan fingerprint density at radius 2 is 0.552 bits per heavy atom.